The van der Waals surface area contributed by atoms with E-state index in [0.29, 0.717) is 12.1 Å². The van der Waals surface area contributed by atoms with Gasteiger partial charge in [-0.25, -0.2) is 0 Å². The second-order valence-electron chi connectivity index (χ2n) is 7.14. The second kappa shape index (κ2) is 10.4. The van der Waals surface area contributed by atoms with Crippen molar-refractivity contribution in [3.63, 3.8) is 0 Å². The van der Waals surface area contributed by atoms with Crippen molar-refractivity contribution >= 4 is 28.7 Å². The fourth-order valence-corrected chi connectivity index (χ4v) is 3.81. The Kier molecular flexibility index (Phi) is 7.62. The highest BCUT2D eigenvalue weighted by atomic mass is 32.1. The summed E-state index contributed by atoms with van der Waals surface area (Å²) >= 11 is 5.16. The highest BCUT2D eigenvalue weighted by Crippen LogP contribution is 2.28. The summed E-state index contributed by atoms with van der Waals surface area (Å²) in [5.41, 5.74) is 1.85. The lowest BCUT2D eigenvalue weighted by atomic mass is 10.1. The number of hydrogen-bond donors (Lipinski definition) is 1. The Bertz CT molecular complexity index is 752. The number of unbranched alkanes of at least 4 members (excludes halogenated alkanes) is 1. The van der Waals surface area contributed by atoms with E-state index in [1.54, 1.807) is 13.2 Å². The first-order valence-electron chi connectivity index (χ1n) is 9.97. The van der Waals surface area contributed by atoms with E-state index in [0.717, 1.165) is 62.6 Å². The van der Waals surface area contributed by atoms with Crippen LogP contribution in [-0.4, -0.2) is 62.0 Å². The summed E-state index contributed by atoms with van der Waals surface area (Å²) < 4.78 is 5.48. The molecule has 5 nitrogen and oxygen atoms in total. The van der Waals surface area contributed by atoms with E-state index in [9.17, 15) is 4.79 Å². The highest BCUT2D eigenvalue weighted by molar-refractivity contribution is 7.80. The van der Waals surface area contributed by atoms with Gasteiger partial charge in [0.25, 0.3) is 5.91 Å². The zero-order valence-electron chi connectivity index (χ0n) is 16.5. The number of ether oxygens (including phenoxy) is 1. The van der Waals surface area contributed by atoms with E-state index in [1.165, 1.54) is 5.69 Å². The number of allylic oxidation sites excluding steroid dienone is 2. The minimum atomic E-state index is -0.0243. The summed E-state index contributed by atoms with van der Waals surface area (Å²) in [6.07, 6.45) is 8.43. The number of hydrogen-bond acceptors (Lipinski definition) is 5. The average Bonchev–Trinajstić information content (AvgIpc) is 2.74. The molecule has 3 rings (SSSR count). The number of carbonyl (C=O) groups is 1. The van der Waals surface area contributed by atoms with Crippen molar-refractivity contribution in [1.82, 2.24) is 10.2 Å². The van der Waals surface area contributed by atoms with Crippen LogP contribution < -0.4 is 15.0 Å². The van der Waals surface area contributed by atoms with E-state index < -0.39 is 0 Å². The Hall–Kier alpha value is -2.18. The van der Waals surface area contributed by atoms with Gasteiger partial charge in [-0.3, -0.25) is 9.69 Å². The molecular formula is C22H29N3O2S. The Labute approximate surface area is 173 Å². The standard InChI is InChI=1S/C22H29N3O2S/c1-27-21-10-3-2-9-20(21)25-15-13-24(14-16-25)12-5-4-11-23-22(26)18-7-6-8-19(28)17-18/h2-3,6-7,9-10,17H,4-5,8,11-16H2,1H3,(H,23,26). The normalized spacial score (nSPS) is 17.4. The number of anilines is 1. The highest BCUT2D eigenvalue weighted by Gasteiger charge is 2.19. The van der Waals surface area contributed by atoms with Crippen LogP contribution in [0.2, 0.25) is 0 Å². The van der Waals surface area contributed by atoms with Crippen molar-refractivity contribution in [2.75, 3.05) is 51.3 Å². The zero-order chi connectivity index (χ0) is 19.8. The fourth-order valence-electron chi connectivity index (χ4n) is 3.59. The van der Waals surface area contributed by atoms with Crippen LogP contribution in [0.15, 0.2) is 48.1 Å². The van der Waals surface area contributed by atoms with Crippen molar-refractivity contribution in [2.24, 2.45) is 0 Å². The maximum absolute atomic E-state index is 12.1. The number of amides is 1. The summed E-state index contributed by atoms with van der Waals surface area (Å²) in [6, 6.07) is 8.21. The summed E-state index contributed by atoms with van der Waals surface area (Å²) in [4.78, 5) is 17.8. The maximum Gasteiger partial charge on any atom is 0.251 e. The Morgan fingerprint density at radius 3 is 2.71 bits per heavy atom. The molecule has 0 saturated carbocycles. The van der Waals surface area contributed by atoms with Gasteiger partial charge in [-0.1, -0.05) is 36.5 Å². The molecule has 1 fully saturated rings. The second-order valence-corrected chi connectivity index (χ2v) is 7.66. The van der Waals surface area contributed by atoms with E-state index in [4.69, 9.17) is 17.0 Å². The smallest absolute Gasteiger partial charge is 0.251 e. The Morgan fingerprint density at radius 1 is 1.18 bits per heavy atom. The molecule has 1 aromatic carbocycles. The van der Waals surface area contributed by atoms with E-state index in [1.807, 2.05) is 24.3 Å². The minimum Gasteiger partial charge on any atom is -0.495 e. The molecule has 0 atom stereocenters. The number of benzene rings is 1. The van der Waals surface area contributed by atoms with Gasteiger partial charge in [0.15, 0.2) is 0 Å². The van der Waals surface area contributed by atoms with Gasteiger partial charge in [-0.05, 0) is 37.6 Å². The summed E-state index contributed by atoms with van der Waals surface area (Å²) in [5.74, 6) is 0.916. The molecule has 0 bridgehead atoms. The lowest BCUT2D eigenvalue weighted by molar-refractivity contribution is -0.117. The zero-order valence-corrected chi connectivity index (χ0v) is 17.3. The van der Waals surface area contributed by atoms with Crippen LogP contribution in [0, 0.1) is 0 Å². The molecule has 1 N–H and O–H groups in total. The quantitative estimate of drug-likeness (QED) is 0.538. The van der Waals surface area contributed by atoms with Crippen molar-refractivity contribution in [2.45, 2.75) is 19.3 Å². The number of thiocarbonyl (C=S) groups is 1. The van der Waals surface area contributed by atoms with Crippen LogP contribution in [0.3, 0.4) is 0 Å². The minimum absolute atomic E-state index is 0.0243. The van der Waals surface area contributed by atoms with Gasteiger partial charge in [0.1, 0.15) is 5.75 Å². The molecule has 0 radical (unpaired) electrons. The molecule has 1 aliphatic carbocycles. The third-order valence-corrected chi connectivity index (χ3v) is 5.46. The van der Waals surface area contributed by atoms with Crippen LogP contribution in [0.1, 0.15) is 19.3 Å². The molecule has 1 heterocycles. The van der Waals surface area contributed by atoms with Gasteiger partial charge < -0.3 is 15.0 Å². The van der Waals surface area contributed by atoms with Crippen molar-refractivity contribution in [3.8, 4) is 5.75 Å². The molecular weight excluding hydrogens is 370 g/mol. The summed E-state index contributed by atoms with van der Waals surface area (Å²) in [7, 11) is 1.73. The largest absolute Gasteiger partial charge is 0.495 e. The number of methoxy groups -OCH3 is 1. The topological polar surface area (TPSA) is 44.8 Å². The SMILES string of the molecule is COc1ccccc1N1CCN(CCCCNC(=O)C2=CC(=S)CC=C2)CC1. The van der Waals surface area contributed by atoms with Gasteiger partial charge >= 0.3 is 0 Å². The monoisotopic (exact) mass is 399 g/mol. The Morgan fingerprint density at radius 2 is 1.96 bits per heavy atom. The molecule has 1 aliphatic heterocycles. The average molecular weight is 400 g/mol. The Balaban J connectivity index is 1.32. The van der Waals surface area contributed by atoms with Gasteiger partial charge in [-0.2, -0.15) is 0 Å². The van der Waals surface area contributed by atoms with Crippen LogP contribution in [0.25, 0.3) is 0 Å². The third kappa shape index (κ3) is 5.66. The first-order valence-corrected chi connectivity index (χ1v) is 10.4. The fraction of sp³-hybridized carbons (Fsp3) is 0.455. The van der Waals surface area contributed by atoms with Crippen LogP contribution in [0.5, 0.6) is 5.75 Å². The van der Waals surface area contributed by atoms with E-state index in [2.05, 4.69) is 27.2 Å². The molecule has 1 saturated heterocycles. The number of nitrogens with one attached hydrogen (secondary N) is 1. The van der Waals surface area contributed by atoms with Crippen molar-refractivity contribution in [3.05, 3.63) is 48.1 Å². The van der Waals surface area contributed by atoms with Crippen LogP contribution in [-0.2, 0) is 4.79 Å². The van der Waals surface area contributed by atoms with Crippen LogP contribution >= 0.6 is 12.2 Å². The van der Waals surface area contributed by atoms with Gasteiger partial charge in [0, 0.05) is 49.6 Å². The first-order chi connectivity index (χ1) is 13.7. The number of rotatable bonds is 8. The molecule has 2 aliphatic rings. The first kappa shape index (κ1) is 20.6. The predicted octanol–water partition coefficient (Wildman–Crippen LogP) is 2.97. The van der Waals surface area contributed by atoms with Crippen LogP contribution in [0.4, 0.5) is 5.69 Å². The number of piperazine rings is 1. The number of para-hydroxylation sites is 2. The lowest BCUT2D eigenvalue weighted by Crippen LogP contribution is -2.46. The number of carbonyl (C=O) groups excluding carboxylic acids is 1. The van der Waals surface area contributed by atoms with Gasteiger partial charge in [-0.15, -0.1) is 0 Å². The maximum atomic E-state index is 12.1. The predicted molar refractivity (Wildman–Crippen MR) is 118 cm³/mol. The van der Waals surface area contributed by atoms with Crippen molar-refractivity contribution < 1.29 is 9.53 Å². The molecule has 150 valence electrons. The molecule has 28 heavy (non-hydrogen) atoms. The van der Waals surface area contributed by atoms with E-state index in [-0.39, 0.29) is 5.91 Å². The molecule has 0 aromatic heterocycles. The molecule has 0 spiro atoms. The molecule has 1 amide bonds. The third-order valence-electron chi connectivity index (χ3n) is 5.18. The molecule has 1 aromatic rings. The van der Waals surface area contributed by atoms with Crippen molar-refractivity contribution in [1.29, 1.82) is 0 Å². The number of nitrogens with zero attached hydrogens (tertiary/aromatic N) is 2. The molecule has 0 unspecified atom stereocenters. The molecule has 6 heteroatoms. The summed E-state index contributed by atoms with van der Waals surface area (Å²) in [5, 5.41) is 2.99. The van der Waals surface area contributed by atoms with E-state index >= 15 is 0 Å². The van der Waals surface area contributed by atoms with Gasteiger partial charge in [0.05, 0.1) is 12.8 Å². The lowest BCUT2D eigenvalue weighted by Gasteiger charge is -2.36. The summed E-state index contributed by atoms with van der Waals surface area (Å²) in [6.45, 7) is 5.91. The van der Waals surface area contributed by atoms with Gasteiger partial charge in [0.2, 0.25) is 0 Å².